The summed E-state index contributed by atoms with van der Waals surface area (Å²) in [5.74, 6) is -0.221. The maximum Gasteiger partial charge on any atom is 0.274 e. The van der Waals surface area contributed by atoms with Gasteiger partial charge < -0.3 is 15.5 Å². The summed E-state index contributed by atoms with van der Waals surface area (Å²) < 4.78 is 7.19. The molecule has 0 aliphatic heterocycles. The van der Waals surface area contributed by atoms with Crippen LogP contribution in [0.1, 0.15) is 21.9 Å². The Hall–Kier alpha value is -4.60. The van der Waals surface area contributed by atoms with E-state index in [1.165, 1.54) is 12.5 Å². The molecule has 0 atom stereocenters. The molecular weight excluding hydrogens is 420 g/mol. The first-order valence-electron chi connectivity index (χ1n) is 10.2. The number of hydrogen-bond donors (Lipinski definition) is 2. The zero-order chi connectivity index (χ0) is 22.9. The number of carbonyl (C=O) groups excluding carboxylic acids is 1. The number of nitrogens with two attached hydrogens (primary N) is 1. The maximum absolute atomic E-state index is 12.9. The van der Waals surface area contributed by atoms with Gasteiger partial charge in [-0.1, -0.05) is 12.1 Å². The average molecular weight is 440 g/mol. The average Bonchev–Trinajstić information content (AvgIpc) is 3.47. The summed E-state index contributed by atoms with van der Waals surface area (Å²) in [5.41, 5.74) is 10.2. The molecule has 164 valence electrons. The third-order valence-corrected chi connectivity index (χ3v) is 5.24. The molecule has 10 heteroatoms. The van der Waals surface area contributed by atoms with E-state index in [1.807, 2.05) is 50.4 Å². The third-order valence-electron chi connectivity index (χ3n) is 5.24. The molecule has 4 aromatic heterocycles. The number of rotatable bonds is 5. The molecule has 0 unspecified atom stereocenters. The predicted molar refractivity (Wildman–Crippen MR) is 122 cm³/mol. The van der Waals surface area contributed by atoms with E-state index in [0.29, 0.717) is 11.4 Å². The Bertz CT molecular complexity index is 1450. The van der Waals surface area contributed by atoms with Gasteiger partial charge in [0.05, 0.1) is 24.0 Å². The van der Waals surface area contributed by atoms with Crippen LogP contribution in [0.4, 0.5) is 5.82 Å². The number of amides is 1. The first-order valence-corrected chi connectivity index (χ1v) is 10.2. The van der Waals surface area contributed by atoms with Crippen molar-refractivity contribution >= 4 is 22.6 Å². The van der Waals surface area contributed by atoms with Gasteiger partial charge in [0.1, 0.15) is 12.0 Å². The quantitative estimate of drug-likeness (QED) is 0.425. The van der Waals surface area contributed by atoms with Crippen molar-refractivity contribution in [2.45, 2.75) is 13.5 Å². The van der Waals surface area contributed by atoms with Crippen LogP contribution >= 0.6 is 0 Å². The second-order valence-electron chi connectivity index (χ2n) is 7.49. The summed E-state index contributed by atoms with van der Waals surface area (Å²) in [4.78, 5) is 30.5. The van der Waals surface area contributed by atoms with Crippen LogP contribution in [-0.2, 0) is 13.6 Å². The zero-order valence-corrected chi connectivity index (χ0v) is 18.0. The number of nitrogens with one attached hydrogen (secondary N) is 1. The molecule has 4 heterocycles. The number of fused-ring (bicyclic) bond motifs is 1. The van der Waals surface area contributed by atoms with E-state index in [4.69, 9.17) is 10.2 Å². The van der Waals surface area contributed by atoms with Crippen LogP contribution in [0.2, 0.25) is 0 Å². The van der Waals surface area contributed by atoms with Crippen LogP contribution < -0.4 is 11.1 Å². The lowest BCUT2D eigenvalue weighted by Gasteiger charge is -2.11. The van der Waals surface area contributed by atoms with Crippen LogP contribution in [0.5, 0.6) is 0 Å². The first kappa shape index (κ1) is 20.3. The molecule has 0 fully saturated rings. The van der Waals surface area contributed by atoms with E-state index in [0.717, 1.165) is 27.9 Å². The Kier molecular flexibility index (Phi) is 5.02. The maximum atomic E-state index is 12.9. The van der Waals surface area contributed by atoms with Gasteiger partial charge >= 0.3 is 0 Å². The van der Waals surface area contributed by atoms with Crippen molar-refractivity contribution in [2.75, 3.05) is 5.73 Å². The minimum Gasteiger partial charge on any atom is -0.443 e. The topological polar surface area (TPSA) is 138 Å². The van der Waals surface area contributed by atoms with E-state index >= 15 is 0 Å². The third kappa shape index (κ3) is 3.89. The van der Waals surface area contributed by atoms with Gasteiger partial charge in [-0.3, -0.25) is 14.5 Å². The van der Waals surface area contributed by atoms with Crippen LogP contribution in [0.3, 0.4) is 0 Å². The number of carbonyl (C=O) groups is 1. The minimum atomic E-state index is -0.453. The number of oxazole rings is 1. The normalized spacial score (nSPS) is 11.1. The molecule has 0 aliphatic rings. The molecule has 1 amide bonds. The summed E-state index contributed by atoms with van der Waals surface area (Å²) in [6, 6.07) is 11.4. The summed E-state index contributed by atoms with van der Waals surface area (Å²) in [7, 11) is 1.84. The molecule has 1 aromatic carbocycles. The Labute approximate surface area is 188 Å². The number of aromatic nitrogens is 6. The lowest BCUT2D eigenvalue weighted by molar-refractivity contribution is 0.0946. The molecule has 5 aromatic rings. The van der Waals surface area contributed by atoms with Gasteiger partial charge in [-0.05, 0) is 31.2 Å². The van der Waals surface area contributed by atoms with Crippen LogP contribution in [0.25, 0.3) is 33.7 Å². The summed E-state index contributed by atoms with van der Waals surface area (Å²) >= 11 is 0. The highest BCUT2D eigenvalue weighted by atomic mass is 16.3. The van der Waals surface area contributed by atoms with E-state index in [-0.39, 0.29) is 23.9 Å². The van der Waals surface area contributed by atoms with Gasteiger partial charge in [0.15, 0.2) is 17.2 Å². The summed E-state index contributed by atoms with van der Waals surface area (Å²) in [6.45, 7) is 2.18. The number of nitrogens with zero attached hydrogens (tertiary/aromatic N) is 6. The van der Waals surface area contributed by atoms with Crippen molar-refractivity contribution in [1.82, 2.24) is 35.0 Å². The van der Waals surface area contributed by atoms with Crippen molar-refractivity contribution in [2.24, 2.45) is 7.05 Å². The van der Waals surface area contributed by atoms with E-state index in [9.17, 15) is 4.79 Å². The highest BCUT2D eigenvalue weighted by molar-refractivity contribution is 5.98. The predicted octanol–water partition coefficient (Wildman–Crippen LogP) is 2.90. The second kappa shape index (κ2) is 8.15. The van der Waals surface area contributed by atoms with Crippen LogP contribution in [0.15, 0.2) is 59.5 Å². The molecule has 33 heavy (non-hydrogen) atoms. The molecule has 0 radical (unpaired) electrons. The van der Waals surface area contributed by atoms with Gasteiger partial charge in [0.25, 0.3) is 5.91 Å². The van der Waals surface area contributed by atoms with Gasteiger partial charge in [0.2, 0.25) is 5.89 Å². The monoisotopic (exact) mass is 440 g/mol. The summed E-state index contributed by atoms with van der Waals surface area (Å²) in [5, 5.41) is 8.08. The number of aryl methyl sites for hydroxylation is 2. The fourth-order valence-corrected chi connectivity index (χ4v) is 3.51. The van der Waals surface area contributed by atoms with Gasteiger partial charge in [-0.2, -0.15) is 5.10 Å². The molecular formula is C23H20N8O2. The molecule has 10 nitrogen and oxygen atoms in total. The number of nitrogen functional groups attached to an aromatic ring is 1. The Morgan fingerprint density at radius 3 is 2.76 bits per heavy atom. The number of benzene rings is 1. The number of hydrogen-bond acceptors (Lipinski definition) is 8. The molecule has 0 bridgehead atoms. The Morgan fingerprint density at radius 1 is 1.12 bits per heavy atom. The molecule has 0 aliphatic carbocycles. The van der Waals surface area contributed by atoms with E-state index in [2.05, 4.69) is 30.4 Å². The van der Waals surface area contributed by atoms with Crippen molar-refractivity contribution in [1.29, 1.82) is 0 Å². The number of anilines is 1. The first-order chi connectivity index (χ1) is 16.0. The Morgan fingerprint density at radius 2 is 2.00 bits per heavy atom. The van der Waals surface area contributed by atoms with Gasteiger partial charge in [-0.25, -0.2) is 15.0 Å². The van der Waals surface area contributed by atoms with Gasteiger partial charge in [0, 0.05) is 29.9 Å². The van der Waals surface area contributed by atoms with E-state index < -0.39 is 5.91 Å². The SMILES string of the molecule is Cc1cc(CNC(=O)c2nc(-c3ccc4ncccc4c3)c(-c3ncco3)nc2N)nn1C. The van der Waals surface area contributed by atoms with Crippen molar-refractivity contribution < 1.29 is 9.21 Å². The lowest BCUT2D eigenvalue weighted by atomic mass is 10.1. The fraction of sp³-hybridized carbons (Fsp3) is 0.130. The summed E-state index contributed by atoms with van der Waals surface area (Å²) in [6.07, 6.45) is 4.68. The molecule has 5 rings (SSSR count). The fourth-order valence-electron chi connectivity index (χ4n) is 3.51. The van der Waals surface area contributed by atoms with Crippen molar-refractivity contribution in [3.05, 3.63) is 72.1 Å². The van der Waals surface area contributed by atoms with Crippen LogP contribution in [-0.4, -0.2) is 35.6 Å². The standard InChI is InChI=1S/C23H20N8O2/c1-13-10-16(30-31(13)2)12-27-22(32)20-21(24)29-19(23-26-8-9-33-23)18(28-20)15-5-6-17-14(11-15)4-3-7-25-17/h3-11H,12H2,1-2H3,(H2,24,29)(H,27,32). The highest BCUT2D eigenvalue weighted by Crippen LogP contribution is 2.31. The van der Waals surface area contributed by atoms with Crippen LogP contribution in [0, 0.1) is 6.92 Å². The zero-order valence-electron chi connectivity index (χ0n) is 18.0. The van der Waals surface area contributed by atoms with E-state index in [1.54, 1.807) is 10.9 Å². The van der Waals surface area contributed by atoms with Gasteiger partial charge in [-0.15, -0.1) is 0 Å². The highest BCUT2D eigenvalue weighted by Gasteiger charge is 2.22. The number of pyridine rings is 1. The van der Waals surface area contributed by atoms with Crippen molar-refractivity contribution in [3.63, 3.8) is 0 Å². The smallest absolute Gasteiger partial charge is 0.274 e. The minimum absolute atomic E-state index is 0.0132. The lowest BCUT2D eigenvalue weighted by Crippen LogP contribution is -2.26. The molecule has 0 saturated heterocycles. The molecule has 3 N–H and O–H groups in total. The second-order valence-corrected chi connectivity index (χ2v) is 7.49. The van der Waals surface area contributed by atoms with Crippen molar-refractivity contribution in [3.8, 4) is 22.8 Å². The Balaban J connectivity index is 1.55. The largest absolute Gasteiger partial charge is 0.443 e. The molecule has 0 spiro atoms. The molecule has 0 saturated carbocycles.